The van der Waals surface area contributed by atoms with Crippen molar-refractivity contribution in [1.82, 2.24) is 19.6 Å². The van der Waals surface area contributed by atoms with Crippen LogP contribution >= 0.6 is 0 Å². The van der Waals surface area contributed by atoms with Crippen LogP contribution in [0.3, 0.4) is 0 Å². The molecule has 0 aliphatic heterocycles. The van der Waals surface area contributed by atoms with Gasteiger partial charge in [-0.1, -0.05) is 26.7 Å². The number of aldehydes is 1. The highest BCUT2D eigenvalue weighted by Gasteiger charge is 1.89. The molecule has 9 heteroatoms. The van der Waals surface area contributed by atoms with E-state index in [1.807, 2.05) is 25.5 Å². The summed E-state index contributed by atoms with van der Waals surface area (Å²) < 4.78 is 3.37. The third kappa shape index (κ3) is 18.4. The van der Waals surface area contributed by atoms with Gasteiger partial charge >= 0.3 is 0 Å². The van der Waals surface area contributed by atoms with Crippen molar-refractivity contribution in [1.29, 1.82) is 0 Å². The van der Waals surface area contributed by atoms with Crippen LogP contribution in [0.5, 0.6) is 0 Å². The molecule has 0 amide bonds. The molecular formula is C19H38N6O3. The molecule has 0 saturated carbocycles. The quantitative estimate of drug-likeness (QED) is 0.412. The van der Waals surface area contributed by atoms with Gasteiger partial charge in [-0.3, -0.25) is 19.2 Å². The zero-order chi connectivity index (χ0) is 20.9. The number of aromatic nitrogens is 4. The van der Waals surface area contributed by atoms with E-state index in [2.05, 4.69) is 29.0 Å². The third-order valence-electron chi connectivity index (χ3n) is 3.01. The molecule has 28 heavy (non-hydrogen) atoms. The standard InChI is InChI=1S/C9H15N3.C5H6N2O.C4H11N.CH4O.H2O/c1-3-4-6-10-8-9-5-7-12(2)11-9;1-7-3-2-5(4-8)6-7;1-2-3-4-5;1-2;/h5,7-8H,3-4,6H2,1-2H3;2-4H,1H3;2-5H2,1H3;2H,1H3;1H2. The number of aryl methyl sites for hydroxylation is 2. The van der Waals surface area contributed by atoms with Crippen LogP contribution in [0.25, 0.3) is 0 Å². The molecule has 2 aromatic heterocycles. The van der Waals surface area contributed by atoms with Crippen LogP contribution in [-0.4, -0.2) is 62.8 Å². The fraction of sp³-hybridized carbons (Fsp3) is 0.579. The van der Waals surface area contributed by atoms with E-state index in [-0.39, 0.29) is 5.48 Å². The average molecular weight is 399 g/mol. The summed E-state index contributed by atoms with van der Waals surface area (Å²) in [5.41, 5.74) is 6.56. The molecule has 0 saturated heterocycles. The zero-order valence-corrected chi connectivity index (χ0v) is 17.9. The second kappa shape index (κ2) is 22.7. The van der Waals surface area contributed by atoms with E-state index in [0.717, 1.165) is 38.6 Å². The van der Waals surface area contributed by atoms with Crippen molar-refractivity contribution in [3.05, 3.63) is 35.9 Å². The molecule has 0 radical (unpaired) electrons. The van der Waals surface area contributed by atoms with Crippen molar-refractivity contribution in [3.63, 3.8) is 0 Å². The highest BCUT2D eigenvalue weighted by Crippen LogP contribution is 1.91. The number of hydrogen-bond donors (Lipinski definition) is 2. The number of hydrogen-bond acceptors (Lipinski definition) is 6. The van der Waals surface area contributed by atoms with Gasteiger partial charge < -0.3 is 16.3 Å². The summed E-state index contributed by atoms with van der Waals surface area (Å²) in [6, 6.07) is 3.61. The number of aliphatic hydroxyl groups excluding tert-OH is 1. The Balaban J connectivity index is -0.000000341. The Labute approximate surface area is 168 Å². The van der Waals surface area contributed by atoms with E-state index in [0.29, 0.717) is 5.69 Å². The van der Waals surface area contributed by atoms with E-state index in [1.165, 1.54) is 19.3 Å². The number of nitrogens with two attached hydrogens (primary N) is 1. The van der Waals surface area contributed by atoms with E-state index in [1.54, 1.807) is 28.7 Å². The van der Waals surface area contributed by atoms with Crippen LogP contribution in [0.4, 0.5) is 0 Å². The molecule has 0 aliphatic carbocycles. The van der Waals surface area contributed by atoms with Crippen molar-refractivity contribution in [2.45, 2.75) is 39.5 Å². The monoisotopic (exact) mass is 398 g/mol. The van der Waals surface area contributed by atoms with Gasteiger partial charge in [0.2, 0.25) is 0 Å². The molecule has 2 heterocycles. The maximum absolute atomic E-state index is 9.94. The van der Waals surface area contributed by atoms with E-state index >= 15 is 0 Å². The van der Waals surface area contributed by atoms with Gasteiger partial charge in [-0.2, -0.15) is 10.2 Å². The first-order chi connectivity index (χ1) is 13.1. The van der Waals surface area contributed by atoms with Crippen molar-refractivity contribution >= 4 is 12.5 Å². The number of unbranched alkanes of at least 4 members (excludes halogenated alkanes) is 2. The lowest BCUT2D eigenvalue weighted by molar-refractivity contribution is 0.111. The first kappa shape index (κ1) is 30.4. The second-order valence-corrected chi connectivity index (χ2v) is 5.48. The van der Waals surface area contributed by atoms with Crippen molar-refractivity contribution in [2.24, 2.45) is 24.8 Å². The molecule has 0 aromatic carbocycles. The Kier molecular flexibility index (Phi) is 24.6. The van der Waals surface area contributed by atoms with Crippen LogP contribution in [-0.2, 0) is 14.1 Å². The molecule has 0 aliphatic rings. The molecule has 2 aromatic rings. The number of carbonyl (C=O) groups is 1. The van der Waals surface area contributed by atoms with E-state index in [4.69, 9.17) is 10.8 Å². The topological polar surface area (TPSA) is 143 Å². The molecule has 5 N–H and O–H groups in total. The minimum Gasteiger partial charge on any atom is -0.412 e. The van der Waals surface area contributed by atoms with Gasteiger partial charge in [0.1, 0.15) is 11.4 Å². The van der Waals surface area contributed by atoms with Crippen LogP contribution in [0, 0.1) is 0 Å². The molecule has 0 bridgehead atoms. The molecule has 0 spiro atoms. The Bertz CT molecular complexity index is 594. The summed E-state index contributed by atoms with van der Waals surface area (Å²) in [5.74, 6) is 0. The molecule has 0 atom stereocenters. The summed E-state index contributed by atoms with van der Waals surface area (Å²) >= 11 is 0. The fourth-order valence-electron chi connectivity index (χ4n) is 1.61. The molecule has 162 valence electrons. The number of carbonyl (C=O) groups excluding carboxylic acids is 1. The molecular weight excluding hydrogens is 360 g/mol. The van der Waals surface area contributed by atoms with E-state index in [9.17, 15) is 4.79 Å². The van der Waals surface area contributed by atoms with Gasteiger partial charge in [-0.05, 0) is 31.5 Å². The van der Waals surface area contributed by atoms with Gasteiger partial charge in [0, 0.05) is 46.4 Å². The summed E-state index contributed by atoms with van der Waals surface area (Å²) in [7, 11) is 4.68. The van der Waals surface area contributed by atoms with Crippen molar-refractivity contribution < 1.29 is 15.4 Å². The summed E-state index contributed by atoms with van der Waals surface area (Å²) in [6.45, 7) is 6.05. The second-order valence-electron chi connectivity index (χ2n) is 5.48. The largest absolute Gasteiger partial charge is 0.412 e. The highest BCUT2D eigenvalue weighted by atomic mass is 16.2. The number of aliphatic imine (C=N–C) groups is 1. The minimum absolute atomic E-state index is 0. The fourth-order valence-corrected chi connectivity index (χ4v) is 1.61. The van der Waals surface area contributed by atoms with Gasteiger partial charge in [0.05, 0.1) is 0 Å². The van der Waals surface area contributed by atoms with Gasteiger partial charge in [0.15, 0.2) is 6.29 Å². The van der Waals surface area contributed by atoms with E-state index < -0.39 is 0 Å². The van der Waals surface area contributed by atoms with Crippen LogP contribution < -0.4 is 5.73 Å². The summed E-state index contributed by atoms with van der Waals surface area (Å²) in [6.07, 6.45) is 10.9. The predicted molar refractivity (Wildman–Crippen MR) is 115 cm³/mol. The van der Waals surface area contributed by atoms with Crippen molar-refractivity contribution in [2.75, 3.05) is 20.2 Å². The normalized spacial score (nSPS) is 9.11. The maximum Gasteiger partial charge on any atom is 0.170 e. The minimum atomic E-state index is 0. The van der Waals surface area contributed by atoms with Crippen LogP contribution in [0.1, 0.15) is 55.7 Å². The molecule has 2 rings (SSSR count). The average Bonchev–Trinajstić information content (AvgIpc) is 3.30. The predicted octanol–water partition coefficient (Wildman–Crippen LogP) is 1.40. The smallest absolute Gasteiger partial charge is 0.170 e. The summed E-state index contributed by atoms with van der Waals surface area (Å²) in [4.78, 5) is 14.2. The third-order valence-corrected chi connectivity index (χ3v) is 3.01. The zero-order valence-electron chi connectivity index (χ0n) is 17.9. The lowest BCUT2D eigenvalue weighted by Crippen LogP contribution is -1.95. The lowest BCUT2D eigenvalue weighted by Gasteiger charge is -1.87. The first-order valence-electron chi connectivity index (χ1n) is 9.16. The van der Waals surface area contributed by atoms with Crippen LogP contribution in [0.15, 0.2) is 29.5 Å². The Morgan fingerprint density at radius 3 is 1.82 bits per heavy atom. The Hall–Kier alpha value is -2.36. The number of nitrogens with zero attached hydrogens (tertiary/aromatic N) is 5. The number of aliphatic hydroxyl groups is 1. The molecule has 9 nitrogen and oxygen atoms in total. The number of rotatable bonds is 7. The molecule has 0 unspecified atom stereocenters. The maximum atomic E-state index is 9.94. The first-order valence-corrected chi connectivity index (χ1v) is 9.16. The van der Waals surface area contributed by atoms with Gasteiger partial charge in [-0.15, -0.1) is 0 Å². The SMILES string of the molecule is CCCCN.CCCCN=Cc1ccn(C)n1.CO.Cn1ccc(C=O)n1.O. The van der Waals surface area contributed by atoms with Crippen molar-refractivity contribution in [3.8, 4) is 0 Å². The summed E-state index contributed by atoms with van der Waals surface area (Å²) in [5, 5.41) is 15.0. The Morgan fingerprint density at radius 1 is 1.04 bits per heavy atom. The molecule has 0 fully saturated rings. The van der Waals surface area contributed by atoms with Gasteiger partial charge in [-0.25, -0.2) is 0 Å². The lowest BCUT2D eigenvalue weighted by atomic mass is 10.3. The van der Waals surface area contributed by atoms with Crippen LogP contribution in [0.2, 0.25) is 0 Å². The Morgan fingerprint density at radius 2 is 1.54 bits per heavy atom. The van der Waals surface area contributed by atoms with Gasteiger partial charge in [0.25, 0.3) is 0 Å². The highest BCUT2D eigenvalue weighted by molar-refractivity contribution is 5.76.